The quantitative estimate of drug-likeness (QED) is 0.632. The second kappa shape index (κ2) is 4.10. The zero-order valence-electron chi connectivity index (χ0n) is 10.7. The zero-order chi connectivity index (χ0) is 13.4. The van der Waals surface area contributed by atoms with Crippen molar-refractivity contribution in [3.05, 3.63) is 0 Å². The minimum Gasteiger partial charge on any atom is -0.368 e. The first kappa shape index (κ1) is 13.6. The molecule has 0 radical (unpaired) electrons. The molecular weight excluding hydrogens is 222 g/mol. The lowest BCUT2D eigenvalue weighted by Gasteiger charge is -2.30. The molecule has 1 fully saturated rings. The summed E-state index contributed by atoms with van der Waals surface area (Å²) in [6.45, 7) is 4.98. The summed E-state index contributed by atoms with van der Waals surface area (Å²) in [5.74, 6) is -1.11. The first-order chi connectivity index (χ1) is 7.64. The molecule has 1 aliphatic rings. The highest BCUT2D eigenvalue weighted by atomic mass is 16.2. The van der Waals surface area contributed by atoms with E-state index in [2.05, 4.69) is 5.32 Å². The van der Waals surface area contributed by atoms with Crippen LogP contribution >= 0.6 is 0 Å². The highest BCUT2D eigenvalue weighted by Gasteiger charge is 2.47. The summed E-state index contributed by atoms with van der Waals surface area (Å²) in [6, 6.07) is 0. The molecule has 6 nitrogen and oxygen atoms in total. The third-order valence-electron chi connectivity index (χ3n) is 3.29. The Hall–Kier alpha value is -1.43. The molecule has 6 heteroatoms. The van der Waals surface area contributed by atoms with Crippen LogP contribution in [0.15, 0.2) is 0 Å². The van der Waals surface area contributed by atoms with Crippen LogP contribution in [-0.2, 0) is 14.4 Å². The summed E-state index contributed by atoms with van der Waals surface area (Å²) in [6.07, 6.45) is 0.171. The molecule has 0 saturated carbocycles. The number of carbonyl (C=O) groups is 3. The van der Waals surface area contributed by atoms with E-state index >= 15 is 0 Å². The lowest BCUT2D eigenvalue weighted by molar-refractivity contribution is -0.142. The molecule has 3 amide bonds. The van der Waals surface area contributed by atoms with Crippen molar-refractivity contribution in [2.75, 3.05) is 13.6 Å². The number of likely N-dealkylation sites (N-methyl/N-ethyl adjacent to an activating group) is 1. The predicted octanol–water partition coefficient (Wildman–Crippen LogP) is -0.765. The van der Waals surface area contributed by atoms with Crippen LogP contribution in [0.3, 0.4) is 0 Å². The molecule has 1 unspecified atom stereocenters. The van der Waals surface area contributed by atoms with Crippen molar-refractivity contribution < 1.29 is 14.4 Å². The van der Waals surface area contributed by atoms with Crippen molar-refractivity contribution >= 4 is 17.7 Å². The van der Waals surface area contributed by atoms with Crippen LogP contribution in [0.4, 0.5) is 0 Å². The molecule has 1 saturated heterocycles. The van der Waals surface area contributed by atoms with E-state index in [1.165, 1.54) is 0 Å². The van der Waals surface area contributed by atoms with Gasteiger partial charge < -0.3 is 11.1 Å². The number of hydrogen-bond acceptors (Lipinski definition) is 4. The number of imide groups is 1. The molecule has 17 heavy (non-hydrogen) atoms. The standard InChI is InChI=1S/C11H19N3O3/c1-10(2)5-7(15)14(9(10)17)6-11(3,13-4)8(12)16/h13H,5-6H2,1-4H3,(H2,12,16). The Morgan fingerprint density at radius 3 is 2.35 bits per heavy atom. The molecule has 0 spiro atoms. The van der Waals surface area contributed by atoms with Crippen LogP contribution in [0.2, 0.25) is 0 Å². The summed E-state index contributed by atoms with van der Waals surface area (Å²) >= 11 is 0. The molecule has 1 rings (SSSR count). The van der Waals surface area contributed by atoms with Gasteiger partial charge in [0.25, 0.3) is 0 Å². The van der Waals surface area contributed by atoms with Crippen molar-refractivity contribution in [2.45, 2.75) is 32.7 Å². The first-order valence-corrected chi connectivity index (χ1v) is 5.48. The van der Waals surface area contributed by atoms with Gasteiger partial charge in [-0.3, -0.25) is 19.3 Å². The summed E-state index contributed by atoms with van der Waals surface area (Å²) < 4.78 is 0. The minimum atomic E-state index is -1.09. The SMILES string of the molecule is CNC(C)(CN1C(=O)CC(C)(C)C1=O)C(N)=O. The molecular formula is C11H19N3O3. The number of amides is 3. The Bertz CT molecular complexity index is 378. The average molecular weight is 241 g/mol. The van der Waals surface area contributed by atoms with Gasteiger partial charge in [-0.25, -0.2) is 0 Å². The third-order valence-corrected chi connectivity index (χ3v) is 3.29. The molecule has 96 valence electrons. The van der Waals surface area contributed by atoms with E-state index in [0.29, 0.717) is 0 Å². The maximum absolute atomic E-state index is 12.0. The van der Waals surface area contributed by atoms with Gasteiger partial charge in [-0.15, -0.1) is 0 Å². The number of nitrogens with zero attached hydrogens (tertiary/aromatic N) is 1. The van der Waals surface area contributed by atoms with E-state index in [9.17, 15) is 14.4 Å². The summed E-state index contributed by atoms with van der Waals surface area (Å²) in [5, 5.41) is 2.75. The molecule has 0 aromatic rings. The van der Waals surface area contributed by atoms with Crippen molar-refractivity contribution in [3.63, 3.8) is 0 Å². The van der Waals surface area contributed by atoms with E-state index in [-0.39, 0.29) is 24.8 Å². The maximum atomic E-state index is 12.0. The van der Waals surface area contributed by atoms with Crippen LogP contribution in [0, 0.1) is 5.41 Å². The van der Waals surface area contributed by atoms with Crippen LogP contribution < -0.4 is 11.1 Å². The Morgan fingerprint density at radius 2 is 2.06 bits per heavy atom. The van der Waals surface area contributed by atoms with Gasteiger partial charge >= 0.3 is 0 Å². The van der Waals surface area contributed by atoms with Gasteiger partial charge in [-0.05, 0) is 14.0 Å². The second-order valence-electron chi connectivity index (χ2n) is 5.29. The Morgan fingerprint density at radius 1 is 1.53 bits per heavy atom. The van der Waals surface area contributed by atoms with Crippen LogP contribution in [-0.4, -0.2) is 41.8 Å². The number of hydrogen-bond donors (Lipinski definition) is 2. The molecule has 0 bridgehead atoms. The Balaban J connectivity index is 2.93. The lowest BCUT2D eigenvalue weighted by atomic mass is 9.92. The summed E-state index contributed by atoms with van der Waals surface area (Å²) in [5.41, 5.74) is 3.48. The fraction of sp³-hybridized carbons (Fsp3) is 0.727. The predicted molar refractivity (Wildman–Crippen MR) is 61.8 cm³/mol. The van der Waals surface area contributed by atoms with Crippen LogP contribution in [0.1, 0.15) is 27.2 Å². The Kier molecular flexibility index (Phi) is 3.29. The monoisotopic (exact) mass is 241 g/mol. The highest BCUT2D eigenvalue weighted by molar-refractivity contribution is 6.06. The molecule has 0 aliphatic carbocycles. The van der Waals surface area contributed by atoms with Gasteiger partial charge in [0, 0.05) is 6.42 Å². The van der Waals surface area contributed by atoms with Crippen molar-refractivity contribution in [3.8, 4) is 0 Å². The van der Waals surface area contributed by atoms with E-state index < -0.39 is 16.9 Å². The normalized spacial score (nSPS) is 22.7. The average Bonchev–Trinajstić information content (AvgIpc) is 2.40. The molecule has 1 aliphatic heterocycles. The van der Waals surface area contributed by atoms with Gasteiger partial charge in [0.05, 0.1) is 12.0 Å². The van der Waals surface area contributed by atoms with Gasteiger partial charge in [-0.2, -0.15) is 0 Å². The lowest BCUT2D eigenvalue weighted by Crippen LogP contribution is -2.59. The third kappa shape index (κ3) is 2.31. The van der Waals surface area contributed by atoms with Crippen LogP contribution in [0.5, 0.6) is 0 Å². The molecule has 0 aromatic carbocycles. The fourth-order valence-electron chi connectivity index (χ4n) is 1.78. The van der Waals surface area contributed by atoms with Gasteiger partial charge in [-0.1, -0.05) is 13.8 Å². The first-order valence-electron chi connectivity index (χ1n) is 5.48. The topological polar surface area (TPSA) is 92.5 Å². The summed E-state index contributed by atoms with van der Waals surface area (Å²) in [4.78, 5) is 36.2. The fourth-order valence-corrected chi connectivity index (χ4v) is 1.78. The number of likely N-dealkylation sites (tertiary alicyclic amines) is 1. The molecule has 1 heterocycles. The smallest absolute Gasteiger partial charge is 0.239 e. The Labute approximate surface area is 101 Å². The van der Waals surface area contributed by atoms with Crippen molar-refractivity contribution in [1.29, 1.82) is 0 Å². The largest absolute Gasteiger partial charge is 0.368 e. The van der Waals surface area contributed by atoms with E-state index in [4.69, 9.17) is 5.73 Å². The maximum Gasteiger partial charge on any atom is 0.239 e. The number of carbonyl (C=O) groups excluding carboxylic acids is 3. The van der Waals surface area contributed by atoms with E-state index in [0.717, 1.165) is 4.90 Å². The van der Waals surface area contributed by atoms with Gasteiger partial charge in [0.2, 0.25) is 17.7 Å². The zero-order valence-corrected chi connectivity index (χ0v) is 10.7. The number of nitrogens with two attached hydrogens (primary N) is 1. The number of primary amides is 1. The van der Waals surface area contributed by atoms with Gasteiger partial charge in [0.1, 0.15) is 5.54 Å². The highest BCUT2D eigenvalue weighted by Crippen LogP contribution is 2.32. The second-order valence-corrected chi connectivity index (χ2v) is 5.29. The molecule has 1 atom stereocenters. The van der Waals surface area contributed by atoms with E-state index in [1.807, 2.05) is 0 Å². The molecule has 0 aromatic heterocycles. The summed E-state index contributed by atoms with van der Waals surface area (Å²) in [7, 11) is 1.57. The molecule has 3 N–H and O–H groups in total. The number of rotatable bonds is 4. The minimum absolute atomic E-state index is 0.0278. The van der Waals surface area contributed by atoms with Crippen LogP contribution in [0.25, 0.3) is 0 Å². The van der Waals surface area contributed by atoms with Gasteiger partial charge in [0.15, 0.2) is 0 Å². The van der Waals surface area contributed by atoms with E-state index in [1.54, 1.807) is 27.8 Å². The number of nitrogens with one attached hydrogen (secondary N) is 1. The van der Waals surface area contributed by atoms with Crippen molar-refractivity contribution in [1.82, 2.24) is 10.2 Å². The van der Waals surface area contributed by atoms with Crippen molar-refractivity contribution in [2.24, 2.45) is 11.1 Å².